The molecule has 0 saturated heterocycles. The van der Waals surface area contributed by atoms with Gasteiger partial charge in [0.1, 0.15) is 11.3 Å². The van der Waals surface area contributed by atoms with Crippen molar-refractivity contribution >= 4 is 17.6 Å². The highest BCUT2D eigenvalue weighted by Gasteiger charge is 2.21. The predicted molar refractivity (Wildman–Crippen MR) is 69.4 cm³/mol. The van der Waals surface area contributed by atoms with E-state index in [9.17, 15) is 14.7 Å². The van der Waals surface area contributed by atoms with Crippen LogP contribution in [0.15, 0.2) is 18.2 Å². The first-order chi connectivity index (χ1) is 8.75. The van der Waals surface area contributed by atoms with Crippen molar-refractivity contribution in [2.45, 2.75) is 25.9 Å². The largest absolute Gasteiger partial charge is 0.507 e. The fourth-order valence-corrected chi connectivity index (χ4v) is 1.45. The summed E-state index contributed by atoms with van der Waals surface area (Å²) in [6.07, 6.45) is 0.144. The van der Waals surface area contributed by atoms with Gasteiger partial charge in [0.25, 0.3) is 0 Å². The fraction of sp³-hybridized carbons (Fsp3) is 0.385. The number of anilines is 1. The summed E-state index contributed by atoms with van der Waals surface area (Å²) in [4.78, 5) is 22.4. The number of amides is 1. The molecule has 0 aliphatic rings. The van der Waals surface area contributed by atoms with Gasteiger partial charge in [-0.25, -0.2) is 4.79 Å². The smallest absolute Gasteiger partial charge is 0.339 e. The third-order valence-electron chi connectivity index (χ3n) is 2.65. The molecule has 0 spiro atoms. The molecule has 0 atom stereocenters. The molecule has 3 N–H and O–H groups in total. The normalized spacial score (nSPS) is 11.1. The molecule has 0 aliphatic carbocycles. The zero-order chi connectivity index (χ0) is 14.6. The van der Waals surface area contributed by atoms with Crippen LogP contribution in [0.5, 0.6) is 5.75 Å². The first-order valence-electron chi connectivity index (χ1n) is 5.66. The van der Waals surface area contributed by atoms with E-state index >= 15 is 0 Å². The number of phenols is 1. The molecule has 0 heterocycles. The summed E-state index contributed by atoms with van der Waals surface area (Å²) in [7, 11) is 1.51. The van der Waals surface area contributed by atoms with E-state index in [1.165, 1.54) is 25.3 Å². The number of methoxy groups -OCH3 is 1. The Kier molecular flexibility index (Phi) is 4.50. The van der Waals surface area contributed by atoms with Crippen molar-refractivity contribution in [1.82, 2.24) is 0 Å². The van der Waals surface area contributed by atoms with E-state index in [1.54, 1.807) is 13.8 Å². The number of ether oxygens (including phenoxy) is 1. The van der Waals surface area contributed by atoms with Crippen LogP contribution >= 0.6 is 0 Å². The molecule has 6 heteroatoms. The van der Waals surface area contributed by atoms with E-state index in [1.807, 2.05) is 0 Å². The highest BCUT2D eigenvalue weighted by molar-refractivity contribution is 5.94. The van der Waals surface area contributed by atoms with Gasteiger partial charge < -0.3 is 20.3 Å². The Morgan fingerprint density at radius 3 is 2.47 bits per heavy atom. The van der Waals surface area contributed by atoms with Gasteiger partial charge in [-0.3, -0.25) is 4.79 Å². The second-order valence-electron chi connectivity index (χ2n) is 4.73. The van der Waals surface area contributed by atoms with Crippen molar-refractivity contribution in [2.24, 2.45) is 0 Å². The minimum atomic E-state index is -1.23. The molecule has 1 rings (SSSR count). The van der Waals surface area contributed by atoms with Gasteiger partial charge in [-0.15, -0.1) is 0 Å². The molecule has 1 amide bonds. The SMILES string of the molecule is COC(C)(C)CC(=O)Nc1ccc(C(=O)O)c(O)c1. The quantitative estimate of drug-likeness (QED) is 0.756. The Bertz CT molecular complexity index is 496. The third kappa shape index (κ3) is 4.26. The number of aromatic carboxylic acids is 1. The van der Waals surface area contributed by atoms with Crippen molar-refractivity contribution in [3.8, 4) is 5.75 Å². The highest BCUT2D eigenvalue weighted by Crippen LogP contribution is 2.22. The van der Waals surface area contributed by atoms with E-state index in [-0.39, 0.29) is 17.9 Å². The molecule has 0 bridgehead atoms. The topological polar surface area (TPSA) is 95.9 Å². The molecule has 0 radical (unpaired) electrons. The van der Waals surface area contributed by atoms with Gasteiger partial charge in [-0.05, 0) is 26.0 Å². The maximum absolute atomic E-state index is 11.7. The number of nitrogens with one attached hydrogen (secondary N) is 1. The maximum atomic E-state index is 11.7. The number of rotatable bonds is 5. The summed E-state index contributed by atoms with van der Waals surface area (Å²) >= 11 is 0. The number of carboxylic acids is 1. The Labute approximate surface area is 111 Å². The fourth-order valence-electron chi connectivity index (χ4n) is 1.45. The number of hydrogen-bond acceptors (Lipinski definition) is 4. The van der Waals surface area contributed by atoms with Crippen LogP contribution in [-0.2, 0) is 9.53 Å². The molecular formula is C13H17NO5. The molecule has 104 valence electrons. The molecule has 0 unspecified atom stereocenters. The summed E-state index contributed by atoms with van der Waals surface area (Å²) in [5, 5.41) is 20.8. The Morgan fingerprint density at radius 2 is 2.00 bits per heavy atom. The van der Waals surface area contributed by atoms with Crippen LogP contribution in [0.4, 0.5) is 5.69 Å². The second kappa shape index (κ2) is 5.71. The number of hydrogen-bond donors (Lipinski definition) is 3. The lowest BCUT2D eigenvalue weighted by molar-refractivity contribution is -0.121. The van der Waals surface area contributed by atoms with Gasteiger partial charge in [0.05, 0.1) is 12.0 Å². The molecule has 0 aliphatic heterocycles. The molecular weight excluding hydrogens is 250 g/mol. The second-order valence-corrected chi connectivity index (χ2v) is 4.73. The lowest BCUT2D eigenvalue weighted by Crippen LogP contribution is -2.29. The van der Waals surface area contributed by atoms with Crippen molar-refractivity contribution in [1.29, 1.82) is 0 Å². The van der Waals surface area contributed by atoms with Crippen molar-refractivity contribution in [3.05, 3.63) is 23.8 Å². The van der Waals surface area contributed by atoms with Gasteiger partial charge in [-0.2, -0.15) is 0 Å². The van der Waals surface area contributed by atoms with Gasteiger partial charge >= 0.3 is 5.97 Å². The Morgan fingerprint density at radius 1 is 1.37 bits per heavy atom. The molecule has 0 fully saturated rings. The van der Waals surface area contributed by atoms with Crippen LogP contribution in [0.2, 0.25) is 0 Å². The van der Waals surface area contributed by atoms with E-state index in [4.69, 9.17) is 9.84 Å². The average molecular weight is 267 g/mol. The lowest BCUT2D eigenvalue weighted by Gasteiger charge is -2.21. The monoisotopic (exact) mass is 267 g/mol. The van der Waals surface area contributed by atoms with Crippen LogP contribution < -0.4 is 5.32 Å². The van der Waals surface area contributed by atoms with E-state index < -0.39 is 17.3 Å². The summed E-state index contributed by atoms with van der Waals surface area (Å²) in [6.45, 7) is 3.55. The van der Waals surface area contributed by atoms with E-state index in [0.29, 0.717) is 5.69 Å². The zero-order valence-electron chi connectivity index (χ0n) is 11.1. The summed E-state index contributed by atoms with van der Waals surface area (Å²) in [5.41, 5.74) is -0.470. The standard InChI is InChI=1S/C13H17NO5/c1-13(2,19-3)7-11(16)14-8-4-5-9(12(17)18)10(15)6-8/h4-6,15H,7H2,1-3H3,(H,14,16)(H,17,18). The molecule has 1 aromatic rings. The molecule has 0 saturated carbocycles. The lowest BCUT2D eigenvalue weighted by atomic mass is 10.0. The van der Waals surface area contributed by atoms with Crippen molar-refractivity contribution in [2.75, 3.05) is 12.4 Å². The van der Waals surface area contributed by atoms with E-state index in [0.717, 1.165) is 0 Å². The number of carbonyl (C=O) groups is 2. The van der Waals surface area contributed by atoms with Crippen molar-refractivity contribution < 1.29 is 24.5 Å². The molecule has 1 aromatic carbocycles. The minimum Gasteiger partial charge on any atom is -0.507 e. The Balaban J connectivity index is 2.76. The highest BCUT2D eigenvalue weighted by atomic mass is 16.5. The van der Waals surface area contributed by atoms with Crippen LogP contribution in [0, 0.1) is 0 Å². The minimum absolute atomic E-state index is 0.144. The summed E-state index contributed by atoms with van der Waals surface area (Å²) in [5.74, 6) is -1.90. The molecule has 6 nitrogen and oxygen atoms in total. The first kappa shape index (κ1) is 15.0. The molecule has 0 aromatic heterocycles. The van der Waals surface area contributed by atoms with Crippen LogP contribution in [0.3, 0.4) is 0 Å². The average Bonchev–Trinajstić information content (AvgIpc) is 2.27. The van der Waals surface area contributed by atoms with Gasteiger partial charge in [-0.1, -0.05) is 0 Å². The Hall–Kier alpha value is -2.08. The van der Waals surface area contributed by atoms with Crippen molar-refractivity contribution in [3.63, 3.8) is 0 Å². The zero-order valence-corrected chi connectivity index (χ0v) is 11.1. The van der Waals surface area contributed by atoms with Gasteiger partial charge in [0.15, 0.2) is 0 Å². The van der Waals surface area contributed by atoms with Gasteiger partial charge in [0.2, 0.25) is 5.91 Å². The number of benzene rings is 1. The van der Waals surface area contributed by atoms with Crippen LogP contribution in [-0.4, -0.2) is 34.8 Å². The van der Waals surface area contributed by atoms with Crippen LogP contribution in [0.1, 0.15) is 30.6 Å². The van der Waals surface area contributed by atoms with Crippen LogP contribution in [0.25, 0.3) is 0 Å². The number of carboxylic acid groups (broad SMARTS) is 1. The summed E-state index contributed by atoms with van der Waals surface area (Å²) in [6, 6.07) is 3.84. The van der Waals surface area contributed by atoms with E-state index in [2.05, 4.69) is 5.32 Å². The maximum Gasteiger partial charge on any atom is 0.339 e. The summed E-state index contributed by atoms with van der Waals surface area (Å²) < 4.78 is 5.13. The number of aromatic hydroxyl groups is 1. The number of carbonyl (C=O) groups excluding carboxylic acids is 1. The third-order valence-corrected chi connectivity index (χ3v) is 2.65. The molecule has 19 heavy (non-hydrogen) atoms. The van der Waals surface area contributed by atoms with Gasteiger partial charge in [0, 0.05) is 18.9 Å². The predicted octanol–water partition coefficient (Wildman–Crippen LogP) is 1.84. The first-order valence-corrected chi connectivity index (χ1v) is 5.66.